The van der Waals surface area contributed by atoms with Crippen molar-refractivity contribution in [3.05, 3.63) is 24.0 Å². The van der Waals surface area contributed by atoms with Crippen LogP contribution in [0.25, 0.3) is 0 Å². The lowest BCUT2D eigenvalue weighted by Gasteiger charge is -2.36. The second-order valence-electron chi connectivity index (χ2n) is 5.54. The first kappa shape index (κ1) is 12.7. The van der Waals surface area contributed by atoms with Gasteiger partial charge in [-0.05, 0) is 39.1 Å². The second kappa shape index (κ2) is 5.23. The van der Waals surface area contributed by atoms with Crippen LogP contribution in [0.3, 0.4) is 0 Å². The first-order valence-electron chi connectivity index (χ1n) is 6.62. The predicted octanol–water partition coefficient (Wildman–Crippen LogP) is 1.99. The maximum Gasteiger partial charge on any atom is 0.0359 e. The van der Waals surface area contributed by atoms with Gasteiger partial charge in [-0.15, -0.1) is 0 Å². The van der Waals surface area contributed by atoms with Crippen LogP contribution in [0.1, 0.15) is 31.4 Å². The number of likely N-dealkylation sites (N-methyl/N-ethyl adjacent to an activating group) is 1. The van der Waals surface area contributed by atoms with Crippen LogP contribution < -0.4 is 5.32 Å². The lowest BCUT2D eigenvalue weighted by Crippen LogP contribution is -2.49. The molecule has 0 amide bonds. The summed E-state index contributed by atoms with van der Waals surface area (Å²) in [6.07, 6.45) is 7.53. The molecule has 1 aromatic heterocycles. The summed E-state index contributed by atoms with van der Waals surface area (Å²) < 4.78 is 2.18. The molecule has 1 aromatic rings. The summed E-state index contributed by atoms with van der Waals surface area (Å²) in [6, 6.07) is 4.29. The van der Waals surface area contributed by atoms with E-state index in [2.05, 4.69) is 54.3 Å². The largest absolute Gasteiger partial charge is 0.353 e. The molecule has 3 heteroatoms. The van der Waals surface area contributed by atoms with Gasteiger partial charge in [-0.25, -0.2) is 0 Å². The highest BCUT2D eigenvalue weighted by Gasteiger charge is 2.35. The molecular weight excluding hydrogens is 210 g/mol. The van der Waals surface area contributed by atoms with Crippen LogP contribution in [-0.2, 0) is 13.6 Å². The minimum Gasteiger partial charge on any atom is -0.353 e. The molecule has 1 saturated carbocycles. The third kappa shape index (κ3) is 2.72. The zero-order valence-electron chi connectivity index (χ0n) is 11.4. The molecule has 1 aliphatic carbocycles. The Bertz CT molecular complexity index is 348. The summed E-state index contributed by atoms with van der Waals surface area (Å²) in [7, 11) is 6.54. The Labute approximate surface area is 105 Å². The summed E-state index contributed by atoms with van der Waals surface area (Å²) in [5.41, 5.74) is 1.75. The van der Waals surface area contributed by atoms with Crippen molar-refractivity contribution in [1.82, 2.24) is 14.8 Å². The molecule has 0 spiro atoms. The molecule has 0 atom stereocenters. The third-order valence-electron chi connectivity index (χ3n) is 4.29. The van der Waals surface area contributed by atoms with Gasteiger partial charge in [0.25, 0.3) is 0 Å². The summed E-state index contributed by atoms with van der Waals surface area (Å²) in [6.45, 7) is 2.07. The van der Waals surface area contributed by atoms with Crippen molar-refractivity contribution in [3.8, 4) is 0 Å². The average Bonchev–Trinajstić information content (AvgIpc) is 2.90. The summed E-state index contributed by atoms with van der Waals surface area (Å²) in [5, 5.41) is 3.63. The van der Waals surface area contributed by atoms with Gasteiger partial charge in [0.1, 0.15) is 0 Å². The Morgan fingerprint density at radius 1 is 1.35 bits per heavy atom. The van der Waals surface area contributed by atoms with Crippen molar-refractivity contribution >= 4 is 0 Å². The lowest BCUT2D eigenvalue weighted by atomic mass is 9.96. The molecule has 0 aliphatic heterocycles. The smallest absolute Gasteiger partial charge is 0.0359 e. The quantitative estimate of drug-likeness (QED) is 0.842. The molecule has 0 bridgehead atoms. The molecule has 0 radical (unpaired) electrons. The zero-order chi connectivity index (χ0) is 12.3. The SMILES string of the molecule is CN(C)C1(CNCc2cccn2C)CCCC1. The van der Waals surface area contributed by atoms with E-state index >= 15 is 0 Å². The minimum absolute atomic E-state index is 0.394. The second-order valence-corrected chi connectivity index (χ2v) is 5.54. The first-order valence-corrected chi connectivity index (χ1v) is 6.62. The van der Waals surface area contributed by atoms with E-state index in [4.69, 9.17) is 0 Å². The fourth-order valence-corrected chi connectivity index (χ4v) is 2.92. The number of nitrogens with one attached hydrogen (secondary N) is 1. The molecule has 1 heterocycles. The molecule has 1 fully saturated rings. The number of nitrogens with zero attached hydrogens (tertiary/aromatic N) is 2. The monoisotopic (exact) mass is 235 g/mol. The molecule has 1 N–H and O–H groups in total. The van der Waals surface area contributed by atoms with Gasteiger partial charge in [-0.1, -0.05) is 12.8 Å². The molecule has 0 saturated heterocycles. The van der Waals surface area contributed by atoms with Crippen LogP contribution >= 0.6 is 0 Å². The maximum absolute atomic E-state index is 3.63. The van der Waals surface area contributed by atoms with Gasteiger partial charge in [-0.2, -0.15) is 0 Å². The molecule has 1 aliphatic rings. The van der Waals surface area contributed by atoms with Crippen molar-refractivity contribution in [3.63, 3.8) is 0 Å². The van der Waals surface area contributed by atoms with Crippen LogP contribution in [0.5, 0.6) is 0 Å². The van der Waals surface area contributed by atoms with E-state index in [0.717, 1.165) is 13.1 Å². The predicted molar refractivity (Wildman–Crippen MR) is 72.0 cm³/mol. The lowest BCUT2D eigenvalue weighted by molar-refractivity contribution is 0.153. The molecule has 0 aromatic carbocycles. The Morgan fingerprint density at radius 3 is 2.59 bits per heavy atom. The highest BCUT2D eigenvalue weighted by Crippen LogP contribution is 2.33. The van der Waals surface area contributed by atoms with E-state index in [9.17, 15) is 0 Å². The summed E-state index contributed by atoms with van der Waals surface area (Å²) in [4.78, 5) is 2.41. The first-order chi connectivity index (χ1) is 8.14. The molecular formula is C14H25N3. The third-order valence-corrected chi connectivity index (χ3v) is 4.29. The minimum atomic E-state index is 0.394. The fourth-order valence-electron chi connectivity index (χ4n) is 2.92. The van der Waals surface area contributed by atoms with E-state index in [1.54, 1.807) is 0 Å². The number of rotatable bonds is 5. The normalized spacial score (nSPS) is 19.1. The molecule has 0 unspecified atom stereocenters. The van der Waals surface area contributed by atoms with Crippen LogP contribution in [-0.4, -0.2) is 35.6 Å². The molecule has 96 valence electrons. The standard InChI is InChI=1S/C14H25N3/c1-16(2)14(8-4-5-9-14)12-15-11-13-7-6-10-17(13)3/h6-7,10,15H,4-5,8-9,11-12H2,1-3H3. The van der Waals surface area contributed by atoms with E-state index in [0.29, 0.717) is 5.54 Å². The van der Waals surface area contributed by atoms with Gasteiger partial charge in [0.05, 0.1) is 0 Å². The van der Waals surface area contributed by atoms with Crippen LogP contribution in [0.4, 0.5) is 0 Å². The van der Waals surface area contributed by atoms with Crippen molar-refractivity contribution in [2.75, 3.05) is 20.6 Å². The highest BCUT2D eigenvalue weighted by molar-refractivity contribution is 5.06. The Balaban J connectivity index is 1.86. The van der Waals surface area contributed by atoms with Gasteiger partial charge in [0.15, 0.2) is 0 Å². The van der Waals surface area contributed by atoms with E-state index in [1.165, 1.54) is 31.4 Å². The Morgan fingerprint density at radius 2 is 2.06 bits per heavy atom. The van der Waals surface area contributed by atoms with E-state index in [-0.39, 0.29) is 0 Å². The van der Waals surface area contributed by atoms with E-state index < -0.39 is 0 Å². The molecule has 17 heavy (non-hydrogen) atoms. The van der Waals surface area contributed by atoms with Gasteiger partial charge in [0, 0.05) is 37.6 Å². The van der Waals surface area contributed by atoms with Gasteiger partial charge in [-0.3, -0.25) is 0 Å². The number of aromatic nitrogens is 1. The highest BCUT2D eigenvalue weighted by atomic mass is 15.2. The van der Waals surface area contributed by atoms with E-state index in [1.807, 2.05) is 0 Å². The number of aryl methyl sites for hydroxylation is 1. The molecule has 2 rings (SSSR count). The Kier molecular flexibility index (Phi) is 3.89. The van der Waals surface area contributed by atoms with Crippen LogP contribution in [0, 0.1) is 0 Å². The van der Waals surface area contributed by atoms with Crippen molar-refractivity contribution < 1.29 is 0 Å². The Hall–Kier alpha value is -0.800. The molecule has 3 nitrogen and oxygen atoms in total. The van der Waals surface area contributed by atoms with Gasteiger partial charge >= 0.3 is 0 Å². The summed E-state index contributed by atoms with van der Waals surface area (Å²) >= 11 is 0. The van der Waals surface area contributed by atoms with Crippen LogP contribution in [0.2, 0.25) is 0 Å². The zero-order valence-corrected chi connectivity index (χ0v) is 11.4. The maximum atomic E-state index is 3.63. The van der Waals surface area contributed by atoms with Gasteiger partial charge in [0.2, 0.25) is 0 Å². The van der Waals surface area contributed by atoms with Gasteiger partial charge < -0.3 is 14.8 Å². The topological polar surface area (TPSA) is 20.2 Å². The van der Waals surface area contributed by atoms with Crippen molar-refractivity contribution in [2.45, 2.75) is 37.8 Å². The van der Waals surface area contributed by atoms with Crippen LogP contribution in [0.15, 0.2) is 18.3 Å². The average molecular weight is 235 g/mol. The number of hydrogen-bond donors (Lipinski definition) is 1. The summed E-state index contributed by atoms with van der Waals surface area (Å²) in [5.74, 6) is 0. The fraction of sp³-hybridized carbons (Fsp3) is 0.714. The number of hydrogen-bond acceptors (Lipinski definition) is 2. The van der Waals surface area contributed by atoms with Crippen molar-refractivity contribution in [2.24, 2.45) is 7.05 Å². The van der Waals surface area contributed by atoms with Crippen molar-refractivity contribution in [1.29, 1.82) is 0 Å².